The molecular weight excluding hydrogens is 283 g/mol. The molecule has 2 aromatic carbocycles. The number of carbonyl (C=O) groups is 1. The molecular formula is C17H17FN2O2. The van der Waals surface area contributed by atoms with Crippen LogP contribution < -0.4 is 5.32 Å². The third-order valence-electron chi connectivity index (χ3n) is 3.11. The maximum atomic E-state index is 13.4. The Morgan fingerprint density at radius 3 is 2.73 bits per heavy atom. The number of hydrogen-bond donors (Lipinski definition) is 1. The lowest BCUT2D eigenvalue weighted by Gasteiger charge is -2.05. The highest BCUT2D eigenvalue weighted by Gasteiger charge is 2.05. The Kier molecular flexibility index (Phi) is 5.25. The molecule has 0 aliphatic heterocycles. The average Bonchev–Trinajstić information content (AvgIpc) is 2.49. The van der Waals surface area contributed by atoms with Crippen molar-refractivity contribution in [2.24, 2.45) is 5.16 Å². The van der Waals surface area contributed by atoms with Gasteiger partial charge in [0, 0.05) is 5.69 Å². The van der Waals surface area contributed by atoms with E-state index in [1.807, 2.05) is 31.2 Å². The minimum Gasteiger partial charge on any atom is -0.386 e. The fourth-order valence-electron chi connectivity index (χ4n) is 1.79. The molecule has 4 nitrogen and oxygen atoms in total. The lowest BCUT2D eigenvalue weighted by atomic mass is 10.1. The molecule has 0 saturated carbocycles. The number of benzene rings is 2. The van der Waals surface area contributed by atoms with Gasteiger partial charge in [0.15, 0.2) is 6.61 Å². The van der Waals surface area contributed by atoms with E-state index in [1.54, 1.807) is 25.3 Å². The molecule has 0 radical (unpaired) electrons. The van der Waals surface area contributed by atoms with E-state index < -0.39 is 5.91 Å². The summed E-state index contributed by atoms with van der Waals surface area (Å²) in [6.45, 7) is 3.38. The van der Waals surface area contributed by atoms with E-state index in [0.29, 0.717) is 11.3 Å². The number of halogens is 1. The minimum atomic E-state index is -0.398. The van der Waals surface area contributed by atoms with Gasteiger partial charge in [-0.3, -0.25) is 4.79 Å². The number of rotatable bonds is 5. The molecule has 0 spiro atoms. The fourth-order valence-corrected chi connectivity index (χ4v) is 1.79. The summed E-state index contributed by atoms with van der Waals surface area (Å²) in [6.07, 6.45) is 1.55. The van der Waals surface area contributed by atoms with Gasteiger partial charge < -0.3 is 10.2 Å². The van der Waals surface area contributed by atoms with Crippen molar-refractivity contribution < 1.29 is 14.0 Å². The van der Waals surface area contributed by atoms with E-state index in [2.05, 4.69) is 10.5 Å². The molecule has 0 bridgehead atoms. The molecule has 0 unspecified atom stereocenters. The summed E-state index contributed by atoms with van der Waals surface area (Å²) in [6, 6.07) is 12.2. The second kappa shape index (κ2) is 7.36. The van der Waals surface area contributed by atoms with Crippen molar-refractivity contribution in [1.29, 1.82) is 0 Å². The second-order valence-electron chi connectivity index (χ2n) is 4.88. The maximum absolute atomic E-state index is 13.4. The molecule has 0 aliphatic rings. The first-order valence-corrected chi connectivity index (χ1v) is 6.83. The van der Waals surface area contributed by atoms with E-state index in [0.717, 1.165) is 11.1 Å². The van der Waals surface area contributed by atoms with Gasteiger partial charge >= 0.3 is 0 Å². The number of nitrogens with one attached hydrogen (secondary N) is 1. The molecule has 0 saturated heterocycles. The molecule has 0 heterocycles. The molecule has 0 fully saturated rings. The summed E-state index contributed by atoms with van der Waals surface area (Å²) in [5.41, 5.74) is 2.90. The standard InChI is InChI=1S/C17H17FN2O2/c1-12-5-3-4-6-14(12)10-19-22-11-17(21)20-15-8-7-13(2)16(18)9-15/h3-10H,11H2,1-2H3,(H,20,21)/b19-10+. The van der Waals surface area contributed by atoms with Gasteiger partial charge in [0.1, 0.15) is 5.82 Å². The number of anilines is 1. The van der Waals surface area contributed by atoms with E-state index in [-0.39, 0.29) is 12.4 Å². The van der Waals surface area contributed by atoms with Gasteiger partial charge in [-0.1, -0.05) is 35.5 Å². The molecule has 0 atom stereocenters. The molecule has 114 valence electrons. The van der Waals surface area contributed by atoms with Crippen molar-refractivity contribution in [2.75, 3.05) is 11.9 Å². The predicted octanol–water partition coefficient (Wildman–Crippen LogP) is 3.43. The van der Waals surface area contributed by atoms with E-state index in [9.17, 15) is 9.18 Å². The zero-order valence-electron chi connectivity index (χ0n) is 12.5. The number of nitrogens with zero attached hydrogens (tertiary/aromatic N) is 1. The van der Waals surface area contributed by atoms with Crippen molar-refractivity contribution in [1.82, 2.24) is 0 Å². The normalized spacial score (nSPS) is 10.7. The molecule has 5 heteroatoms. The van der Waals surface area contributed by atoms with Crippen LogP contribution in [0.1, 0.15) is 16.7 Å². The maximum Gasteiger partial charge on any atom is 0.265 e. The Balaban J connectivity index is 1.83. The van der Waals surface area contributed by atoms with Gasteiger partial charge in [-0.2, -0.15) is 0 Å². The fraction of sp³-hybridized carbons (Fsp3) is 0.176. The Hall–Kier alpha value is -2.69. The summed E-state index contributed by atoms with van der Waals surface area (Å²) >= 11 is 0. The summed E-state index contributed by atoms with van der Waals surface area (Å²) < 4.78 is 13.4. The van der Waals surface area contributed by atoms with Crippen LogP contribution in [-0.4, -0.2) is 18.7 Å². The lowest BCUT2D eigenvalue weighted by molar-refractivity contribution is -0.120. The van der Waals surface area contributed by atoms with Crippen molar-refractivity contribution in [3.05, 3.63) is 65.0 Å². The first-order chi connectivity index (χ1) is 10.6. The quantitative estimate of drug-likeness (QED) is 0.679. The second-order valence-corrected chi connectivity index (χ2v) is 4.88. The molecule has 1 N–H and O–H groups in total. The Morgan fingerprint density at radius 2 is 2.00 bits per heavy atom. The third kappa shape index (κ3) is 4.41. The Bertz CT molecular complexity index is 699. The first kappa shape index (κ1) is 15.7. The highest BCUT2D eigenvalue weighted by atomic mass is 19.1. The molecule has 2 aromatic rings. The zero-order chi connectivity index (χ0) is 15.9. The highest BCUT2D eigenvalue weighted by Crippen LogP contribution is 2.13. The van der Waals surface area contributed by atoms with Crippen LogP contribution in [0.15, 0.2) is 47.6 Å². The molecule has 1 amide bonds. The molecule has 2 rings (SSSR count). The third-order valence-corrected chi connectivity index (χ3v) is 3.11. The molecule has 0 aliphatic carbocycles. The Labute approximate surface area is 128 Å². The summed E-state index contributed by atoms with van der Waals surface area (Å²) in [5, 5.41) is 6.30. The number of amides is 1. The summed E-state index contributed by atoms with van der Waals surface area (Å²) in [4.78, 5) is 16.6. The summed E-state index contributed by atoms with van der Waals surface area (Å²) in [5.74, 6) is -0.763. The molecule has 0 aromatic heterocycles. The van der Waals surface area contributed by atoms with Crippen molar-refractivity contribution >= 4 is 17.8 Å². The van der Waals surface area contributed by atoms with Gasteiger partial charge in [-0.25, -0.2) is 4.39 Å². The average molecular weight is 300 g/mol. The molecule has 22 heavy (non-hydrogen) atoms. The topological polar surface area (TPSA) is 50.7 Å². The van der Waals surface area contributed by atoms with Crippen molar-refractivity contribution in [3.8, 4) is 0 Å². The van der Waals surface area contributed by atoms with E-state index >= 15 is 0 Å². The first-order valence-electron chi connectivity index (χ1n) is 6.83. The van der Waals surface area contributed by atoms with Crippen LogP contribution in [0.2, 0.25) is 0 Å². The van der Waals surface area contributed by atoms with E-state index in [1.165, 1.54) is 6.07 Å². The van der Waals surface area contributed by atoms with Crippen LogP contribution in [0.4, 0.5) is 10.1 Å². The summed E-state index contributed by atoms with van der Waals surface area (Å²) in [7, 11) is 0. The number of oxime groups is 1. The zero-order valence-corrected chi connectivity index (χ0v) is 12.5. The number of hydrogen-bond acceptors (Lipinski definition) is 3. The number of carbonyl (C=O) groups excluding carboxylic acids is 1. The van der Waals surface area contributed by atoms with Gasteiger partial charge in [0.25, 0.3) is 5.91 Å². The number of aryl methyl sites for hydroxylation is 2. The minimum absolute atomic E-state index is 0.238. The monoisotopic (exact) mass is 300 g/mol. The van der Waals surface area contributed by atoms with Gasteiger partial charge in [0.05, 0.1) is 6.21 Å². The van der Waals surface area contributed by atoms with Crippen LogP contribution >= 0.6 is 0 Å². The van der Waals surface area contributed by atoms with Crippen LogP contribution in [0.25, 0.3) is 0 Å². The van der Waals surface area contributed by atoms with Gasteiger partial charge in [-0.15, -0.1) is 0 Å². The van der Waals surface area contributed by atoms with Crippen LogP contribution in [0, 0.1) is 19.7 Å². The SMILES string of the molecule is Cc1ccc(NC(=O)CO/N=C/c2ccccc2C)cc1F. The van der Waals surface area contributed by atoms with Gasteiger partial charge in [-0.05, 0) is 42.7 Å². The van der Waals surface area contributed by atoms with Crippen molar-refractivity contribution in [2.45, 2.75) is 13.8 Å². The predicted molar refractivity (Wildman–Crippen MR) is 84.5 cm³/mol. The Morgan fingerprint density at radius 1 is 1.23 bits per heavy atom. The van der Waals surface area contributed by atoms with Crippen LogP contribution in [0.3, 0.4) is 0 Å². The van der Waals surface area contributed by atoms with E-state index in [4.69, 9.17) is 4.84 Å². The lowest BCUT2D eigenvalue weighted by Crippen LogP contribution is -2.17. The van der Waals surface area contributed by atoms with Crippen LogP contribution in [0.5, 0.6) is 0 Å². The highest BCUT2D eigenvalue weighted by molar-refractivity contribution is 5.91. The van der Waals surface area contributed by atoms with Gasteiger partial charge in [0.2, 0.25) is 0 Å². The smallest absolute Gasteiger partial charge is 0.265 e. The largest absolute Gasteiger partial charge is 0.386 e. The van der Waals surface area contributed by atoms with Crippen LogP contribution in [-0.2, 0) is 9.63 Å². The van der Waals surface area contributed by atoms with Crippen molar-refractivity contribution in [3.63, 3.8) is 0 Å².